The third-order valence-electron chi connectivity index (χ3n) is 2.81. The van der Waals surface area contributed by atoms with Gasteiger partial charge in [0.05, 0.1) is 0 Å². The molecule has 0 bridgehead atoms. The van der Waals surface area contributed by atoms with Crippen molar-refractivity contribution in [2.24, 2.45) is 0 Å². The minimum absolute atomic E-state index is 0.146. The molecule has 1 heterocycles. The molecule has 0 saturated heterocycles. The van der Waals surface area contributed by atoms with Gasteiger partial charge in [0.15, 0.2) is 0 Å². The first kappa shape index (κ1) is 9.90. The summed E-state index contributed by atoms with van der Waals surface area (Å²) in [5.41, 5.74) is 2.70. The lowest BCUT2D eigenvalue weighted by Crippen LogP contribution is -2.24. The number of benzene rings is 1. The smallest absolute Gasteiger partial charge is 0.226 e. The second-order valence-corrected chi connectivity index (χ2v) is 3.81. The summed E-state index contributed by atoms with van der Waals surface area (Å²) in [6.07, 6.45) is 3.15. The number of carbonyl (C=O) groups is 2. The minimum Gasteiger partial charge on any atom is -0.315 e. The standard InChI is InChI=1S/C12H13NO2/c1-13-11-6-5-9(8-14)7-10(11)3-2-4-12(13)15/h5-8H,2-4H2,1H3. The van der Waals surface area contributed by atoms with E-state index >= 15 is 0 Å². The Balaban J connectivity index is 2.48. The number of carbonyl (C=O) groups excluding carboxylic acids is 2. The van der Waals surface area contributed by atoms with E-state index in [0.717, 1.165) is 30.4 Å². The SMILES string of the molecule is CN1C(=O)CCCc2cc(C=O)ccc21. The van der Waals surface area contributed by atoms with Crippen LogP contribution in [-0.2, 0) is 11.2 Å². The molecule has 0 aliphatic carbocycles. The Labute approximate surface area is 88.7 Å². The van der Waals surface area contributed by atoms with Gasteiger partial charge in [-0.1, -0.05) is 0 Å². The fraction of sp³-hybridized carbons (Fsp3) is 0.333. The van der Waals surface area contributed by atoms with Gasteiger partial charge in [0.1, 0.15) is 6.29 Å². The van der Waals surface area contributed by atoms with Crippen molar-refractivity contribution in [3.8, 4) is 0 Å². The monoisotopic (exact) mass is 203 g/mol. The Kier molecular flexibility index (Phi) is 2.54. The molecule has 0 N–H and O–H groups in total. The Morgan fingerprint density at radius 1 is 1.33 bits per heavy atom. The molecule has 15 heavy (non-hydrogen) atoms. The van der Waals surface area contributed by atoms with Crippen molar-refractivity contribution < 1.29 is 9.59 Å². The normalized spacial score (nSPS) is 15.8. The summed E-state index contributed by atoms with van der Waals surface area (Å²) in [5.74, 6) is 0.146. The zero-order valence-corrected chi connectivity index (χ0v) is 8.69. The fourth-order valence-corrected chi connectivity index (χ4v) is 1.94. The Bertz CT molecular complexity index is 412. The lowest BCUT2D eigenvalue weighted by molar-refractivity contribution is -0.118. The minimum atomic E-state index is 0.146. The summed E-state index contributed by atoms with van der Waals surface area (Å²) >= 11 is 0. The van der Waals surface area contributed by atoms with Crippen molar-refractivity contribution in [3.05, 3.63) is 29.3 Å². The van der Waals surface area contributed by atoms with Gasteiger partial charge < -0.3 is 4.90 Å². The summed E-state index contributed by atoms with van der Waals surface area (Å²) in [5, 5.41) is 0. The van der Waals surface area contributed by atoms with Crippen LogP contribution in [0.4, 0.5) is 5.69 Å². The van der Waals surface area contributed by atoms with E-state index in [1.54, 1.807) is 18.0 Å². The predicted octanol–water partition coefficient (Wildman–Crippen LogP) is 1.80. The van der Waals surface area contributed by atoms with Gasteiger partial charge in [0, 0.05) is 24.7 Å². The second kappa shape index (κ2) is 3.85. The van der Waals surface area contributed by atoms with Crippen LogP contribution in [0.15, 0.2) is 18.2 Å². The van der Waals surface area contributed by atoms with E-state index in [0.29, 0.717) is 12.0 Å². The summed E-state index contributed by atoms with van der Waals surface area (Å²) < 4.78 is 0. The highest BCUT2D eigenvalue weighted by molar-refractivity contribution is 5.94. The Morgan fingerprint density at radius 2 is 2.13 bits per heavy atom. The number of aryl methyl sites for hydroxylation is 1. The topological polar surface area (TPSA) is 37.4 Å². The van der Waals surface area contributed by atoms with Crippen LogP contribution in [0.25, 0.3) is 0 Å². The maximum Gasteiger partial charge on any atom is 0.226 e. The number of fused-ring (bicyclic) bond motifs is 1. The molecule has 1 amide bonds. The highest BCUT2D eigenvalue weighted by Gasteiger charge is 2.18. The van der Waals surface area contributed by atoms with Crippen LogP contribution >= 0.6 is 0 Å². The molecular formula is C12H13NO2. The molecule has 1 aliphatic rings. The molecule has 0 unspecified atom stereocenters. The second-order valence-electron chi connectivity index (χ2n) is 3.81. The van der Waals surface area contributed by atoms with E-state index in [9.17, 15) is 9.59 Å². The third kappa shape index (κ3) is 1.77. The average molecular weight is 203 g/mol. The van der Waals surface area contributed by atoms with E-state index in [4.69, 9.17) is 0 Å². The van der Waals surface area contributed by atoms with Crippen molar-refractivity contribution in [2.75, 3.05) is 11.9 Å². The summed E-state index contributed by atoms with van der Waals surface area (Å²) in [4.78, 5) is 23.9. The van der Waals surface area contributed by atoms with Crippen molar-refractivity contribution in [2.45, 2.75) is 19.3 Å². The molecule has 1 aromatic carbocycles. The van der Waals surface area contributed by atoms with E-state index in [2.05, 4.69) is 0 Å². The van der Waals surface area contributed by atoms with E-state index < -0.39 is 0 Å². The lowest BCUT2D eigenvalue weighted by atomic mass is 10.0. The third-order valence-corrected chi connectivity index (χ3v) is 2.81. The van der Waals surface area contributed by atoms with Gasteiger partial charge in [-0.25, -0.2) is 0 Å². The van der Waals surface area contributed by atoms with Crippen molar-refractivity contribution in [3.63, 3.8) is 0 Å². The van der Waals surface area contributed by atoms with Crippen LogP contribution in [0.3, 0.4) is 0 Å². The van der Waals surface area contributed by atoms with Gasteiger partial charge in [-0.3, -0.25) is 9.59 Å². The van der Waals surface area contributed by atoms with E-state index in [1.165, 1.54) is 0 Å². The molecule has 0 fully saturated rings. The molecule has 0 atom stereocenters. The highest BCUT2D eigenvalue weighted by atomic mass is 16.2. The van der Waals surface area contributed by atoms with Crippen LogP contribution in [0.2, 0.25) is 0 Å². The summed E-state index contributed by atoms with van der Waals surface area (Å²) in [6, 6.07) is 5.47. The van der Waals surface area contributed by atoms with Crippen LogP contribution in [-0.4, -0.2) is 19.2 Å². The maximum atomic E-state index is 11.6. The van der Waals surface area contributed by atoms with Gasteiger partial charge in [0.25, 0.3) is 0 Å². The average Bonchev–Trinajstić information content (AvgIpc) is 2.40. The highest BCUT2D eigenvalue weighted by Crippen LogP contribution is 2.26. The molecule has 0 spiro atoms. The largest absolute Gasteiger partial charge is 0.315 e. The zero-order valence-electron chi connectivity index (χ0n) is 8.69. The molecule has 2 rings (SSSR count). The van der Waals surface area contributed by atoms with E-state index in [-0.39, 0.29) is 5.91 Å². The summed E-state index contributed by atoms with van der Waals surface area (Å²) in [7, 11) is 1.78. The zero-order chi connectivity index (χ0) is 10.8. The predicted molar refractivity (Wildman–Crippen MR) is 58.2 cm³/mol. The first-order chi connectivity index (χ1) is 7.22. The molecule has 3 heteroatoms. The van der Waals surface area contributed by atoms with Crippen molar-refractivity contribution in [1.29, 1.82) is 0 Å². The molecule has 1 aliphatic heterocycles. The molecule has 3 nitrogen and oxygen atoms in total. The lowest BCUT2D eigenvalue weighted by Gasteiger charge is -2.17. The first-order valence-corrected chi connectivity index (χ1v) is 5.07. The number of amides is 1. The van der Waals surface area contributed by atoms with Gasteiger partial charge in [-0.2, -0.15) is 0 Å². The Morgan fingerprint density at radius 3 is 2.87 bits per heavy atom. The van der Waals surface area contributed by atoms with Crippen molar-refractivity contribution >= 4 is 17.9 Å². The molecule has 1 aromatic rings. The number of rotatable bonds is 1. The molecule has 78 valence electrons. The number of anilines is 1. The number of aldehydes is 1. The number of nitrogens with zero attached hydrogens (tertiary/aromatic N) is 1. The van der Waals surface area contributed by atoms with Gasteiger partial charge in [0.2, 0.25) is 5.91 Å². The summed E-state index contributed by atoms with van der Waals surface area (Å²) in [6.45, 7) is 0. The first-order valence-electron chi connectivity index (χ1n) is 5.07. The van der Waals surface area contributed by atoms with Gasteiger partial charge in [-0.15, -0.1) is 0 Å². The molecule has 0 aromatic heterocycles. The van der Waals surface area contributed by atoms with Crippen LogP contribution in [0.5, 0.6) is 0 Å². The van der Waals surface area contributed by atoms with Crippen molar-refractivity contribution in [1.82, 2.24) is 0 Å². The number of hydrogen-bond donors (Lipinski definition) is 0. The van der Waals surface area contributed by atoms with Crippen LogP contribution in [0.1, 0.15) is 28.8 Å². The van der Waals surface area contributed by atoms with E-state index in [1.807, 2.05) is 12.1 Å². The van der Waals surface area contributed by atoms with Gasteiger partial charge >= 0.3 is 0 Å². The van der Waals surface area contributed by atoms with Gasteiger partial charge in [-0.05, 0) is 36.6 Å². The van der Waals surface area contributed by atoms with Crippen LogP contribution < -0.4 is 4.90 Å². The Hall–Kier alpha value is -1.64. The maximum absolute atomic E-state index is 11.6. The number of hydrogen-bond acceptors (Lipinski definition) is 2. The van der Waals surface area contributed by atoms with Crippen LogP contribution in [0, 0.1) is 0 Å². The fourth-order valence-electron chi connectivity index (χ4n) is 1.94. The quantitative estimate of drug-likeness (QED) is 0.653. The molecule has 0 radical (unpaired) electrons. The molecular weight excluding hydrogens is 190 g/mol. The molecule has 0 saturated carbocycles.